The normalized spacial score (nSPS) is 12.9. The van der Waals surface area contributed by atoms with Gasteiger partial charge in [0.1, 0.15) is 5.52 Å². The monoisotopic (exact) mass is 255 g/mol. The number of aliphatic imine (C=N–C) groups is 1. The average Bonchev–Trinajstić information content (AvgIpc) is 2.36. The Morgan fingerprint density at radius 2 is 2.11 bits per heavy atom. The zero-order valence-corrected chi connectivity index (χ0v) is 9.70. The number of nitrogens with zero attached hydrogens (tertiary/aromatic N) is 2. The lowest BCUT2D eigenvalue weighted by Crippen LogP contribution is -2.27. The first-order chi connectivity index (χ1) is 9.18. The van der Waals surface area contributed by atoms with Crippen LogP contribution in [0.15, 0.2) is 40.4 Å². The fraction of sp³-hybridized carbons (Fsp3) is 0. The van der Waals surface area contributed by atoms with Crippen molar-refractivity contribution >= 4 is 23.7 Å². The molecule has 6 nitrogen and oxygen atoms in total. The van der Waals surface area contributed by atoms with Crippen LogP contribution in [-0.2, 0) is 0 Å². The molecule has 0 saturated carbocycles. The Hall–Kier alpha value is -2.89. The summed E-state index contributed by atoms with van der Waals surface area (Å²) in [6.07, 6.45) is 5.98. The molecular weight excluding hydrogens is 246 g/mol. The molecule has 3 heterocycles. The van der Waals surface area contributed by atoms with E-state index >= 15 is 0 Å². The molecule has 0 atom stereocenters. The number of aromatic amines is 1. The minimum atomic E-state index is -0.493. The van der Waals surface area contributed by atoms with Gasteiger partial charge in [-0.05, 0) is 18.2 Å². The number of aromatic hydroxyl groups is 1. The van der Waals surface area contributed by atoms with Gasteiger partial charge in [0.25, 0.3) is 11.5 Å². The van der Waals surface area contributed by atoms with Crippen LogP contribution < -0.4 is 10.8 Å². The van der Waals surface area contributed by atoms with Gasteiger partial charge in [-0.25, -0.2) is 4.99 Å². The maximum Gasteiger partial charge on any atom is 0.277 e. The molecule has 1 aliphatic heterocycles. The minimum absolute atomic E-state index is 0.185. The van der Waals surface area contributed by atoms with Crippen LogP contribution in [0.2, 0.25) is 0 Å². The Labute approximate surface area is 106 Å². The van der Waals surface area contributed by atoms with Gasteiger partial charge in [0.2, 0.25) is 5.88 Å². The third-order valence-electron chi connectivity index (χ3n) is 2.84. The Kier molecular flexibility index (Phi) is 2.42. The largest absolute Gasteiger partial charge is 0.493 e. The number of nitrogens with one attached hydrogen (secondary N) is 1. The van der Waals surface area contributed by atoms with Crippen LogP contribution >= 0.6 is 0 Å². The van der Waals surface area contributed by atoms with E-state index in [-0.39, 0.29) is 17.0 Å². The van der Waals surface area contributed by atoms with Gasteiger partial charge in [-0.3, -0.25) is 14.0 Å². The van der Waals surface area contributed by atoms with Crippen LogP contribution in [-0.4, -0.2) is 26.6 Å². The van der Waals surface area contributed by atoms with E-state index in [1.165, 1.54) is 29.1 Å². The number of hydrogen-bond donors (Lipinski definition) is 2. The van der Waals surface area contributed by atoms with Crippen molar-refractivity contribution < 1.29 is 9.90 Å². The highest BCUT2D eigenvalue weighted by Crippen LogP contribution is 2.09. The van der Waals surface area contributed by atoms with Gasteiger partial charge in [-0.15, -0.1) is 0 Å². The highest BCUT2D eigenvalue weighted by atomic mass is 16.3. The number of aromatic nitrogens is 2. The highest BCUT2D eigenvalue weighted by Gasteiger charge is 2.14. The summed E-state index contributed by atoms with van der Waals surface area (Å²) in [4.78, 5) is 29.9. The molecule has 94 valence electrons. The molecule has 0 radical (unpaired) electrons. The van der Waals surface area contributed by atoms with Crippen LogP contribution in [0.3, 0.4) is 0 Å². The van der Waals surface area contributed by atoms with Crippen molar-refractivity contribution in [3.63, 3.8) is 0 Å². The molecule has 2 N–H and O–H groups in total. The molecular formula is C13H9N3O3. The number of pyridine rings is 1. The Morgan fingerprint density at radius 3 is 2.95 bits per heavy atom. The van der Waals surface area contributed by atoms with Gasteiger partial charge < -0.3 is 10.1 Å². The molecule has 2 aromatic rings. The SMILES string of the molecule is O=C1N=CC=c2c1cc(=O)n1cccc[nH]c(O)c21. The van der Waals surface area contributed by atoms with Crippen molar-refractivity contribution in [3.8, 4) is 5.88 Å². The summed E-state index contributed by atoms with van der Waals surface area (Å²) in [7, 11) is 0. The van der Waals surface area contributed by atoms with E-state index < -0.39 is 11.5 Å². The lowest BCUT2D eigenvalue weighted by atomic mass is 10.1. The summed E-state index contributed by atoms with van der Waals surface area (Å²) in [6, 6.07) is 4.51. The summed E-state index contributed by atoms with van der Waals surface area (Å²) < 4.78 is 1.27. The van der Waals surface area contributed by atoms with Crippen molar-refractivity contribution in [1.29, 1.82) is 0 Å². The number of H-pyrrole nitrogens is 1. The molecule has 0 bridgehead atoms. The molecule has 0 saturated heterocycles. The average molecular weight is 255 g/mol. The second-order valence-corrected chi connectivity index (χ2v) is 3.97. The molecule has 6 heteroatoms. The van der Waals surface area contributed by atoms with E-state index in [9.17, 15) is 14.7 Å². The van der Waals surface area contributed by atoms with Crippen molar-refractivity contribution in [2.45, 2.75) is 0 Å². The van der Waals surface area contributed by atoms with Crippen molar-refractivity contribution in [2.75, 3.05) is 0 Å². The number of amides is 1. The molecule has 0 aliphatic carbocycles. The maximum absolute atomic E-state index is 12.0. The number of rotatable bonds is 0. The number of fused-ring (bicyclic) bond motifs is 3. The molecule has 0 unspecified atom stereocenters. The summed E-state index contributed by atoms with van der Waals surface area (Å²) in [5.41, 5.74) is 0.0140. The third kappa shape index (κ3) is 1.70. The molecule has 1 amide bonds. The summed E-state index contributed by atoms with van der Waals surface area (Å²) in [5, 5.41) is 10.5. The van der Waals surface area contributed by atoms with E-state index in [2.05, 4.69) is 9.98 Å². The molecule has 1 aliphatic rings. The first-order valence-electron chi connectivity index (χ1n) is 5.56. The predicted octanol–water partition coefficient (Wildman–Crippen LogP) is 0.182. The van der Waals surface area contributed by atoms with E-state index in [1.54, 1.807) is 18.2 Å². The second-order valence-electron chi connectivity index (χ2n) is 3.97. The first-order valence-corrected chi connectivity index (χ1v) is 5.56. The maximum atomic E-state index is 12.0. The summed E-state index contributed by atoms with van der Waals surface area (Å²) in [5.74, 6) is -0.693. The van der Waals surface area contributed by atoms with E-state index in [1.807, 2.05) is 0 Å². The topological polar surface area (TPSA) is 86.9 Å². The Morgan fingerprint density at radius 1 is 1.26 bits per heavy atom. The molecule has 19 heavy (non-hydrogen) atoms. The molecule has 3 rings (SSSR count). The van der Waals surface area contributed by atoms with Crippen LogP contribution in [0.25, 0.3) is 11.6 Å². The van der Waals surface area contributed by atoms with Gasteiger partial charge in [0, 0.05) is 29.9 Å². The quantitative estimate of drug-likeness (QED) is 0.704. The van der Waals surface area contributed by atoms with E-state index in [0.29, 0.717) is 5.22 Å². The minimum Gasteiger partial charge on any atom is -0.493 e. The van der Waals surface area contributed by atoms with Gasteiger partial charge >= 0.3 is 0 Å². The zero-order chi connectivity index (χ0) is 13.4. The van der Waals surface area contributed by atoms with E-state index in [4.69, 9.17) is 0 Å². The fourth-order valence-corrected chi connectivity index (χ4v) is 2.01. The highest BCUT2D eigenvalue weighted by molar-refractivity contribution is 6.10. The van der Waals surface area contributed by atoms with Crippen molar-refractivity contribution in [3.05, 3.63) is 51.7 Å². The molecule has 0 spiro atoms. The lowest BCUT2D eigenvalue weighted by Gasteiger charge is -2.06. The molecule has 0 aromatic carbocycles. The Bertz CT molecular complexity index is 872. The Balaban J connectivity index is 2.69. The summed E-state index contributed by atoms with van der Waals surface area (Å²) in [6.45, 7) is 0. The molecule has 0 fully saturated rings. The lowest BCUT2D eigenvalue weighted by molar-refractivity contribution is 0.100. The van der Waals surface area contributed by atoms with E-state index in [0.717, 1.165) is 0 Å². The second kappa shape index (κ2) is 4.09. The van der Waals surface area contributed by atoms with Crippen LogP contribution in [0.1, 0.15) is 10.4 Å². The van der Waals surface area contributed by atoms with Crippen molar-refractivity contribution in [1.82, 2.24) is 9.38 Å². The van der Waals surface area contributed by atoms with Crippen LogP contribution in [0.5, 0.6) is 5.88 Å². The fourth-order valence-electron chi connectivity index (χ4n) is 2.01. The summed E-state index contributed by atoms with van der Waals surface area (Å²) >= 11 is 0. The number of carbonyl (C=O) groups excluding carboxylic acids is 1. The van der Waals surface area contributed by atoms with Crippen molar-refractivity contribution in [2.24, 2.45) is 4.99 Å². The van der Waals surface area contributed by atoms with Gasteiger partial charge in [0.15, 0.2) is 0 Å². The van der Waals surface area contributed by atoms with Crippen LogP contribution in [0.4, 0.5) is 0 Å². The standard InChI is InChI=1S/C13H9N3O3/c17-10-7-9-8(3-5-15-12(9)18)11-13(19)14-4-1-2-6-16(10)11/h1-7,14,19H. The number of hydrogen-bond acceptors (Lipinski definition) is 3. The third-order valence-corrected chi connectivity index (χ3v) is 2.84. The first kappa shape index (κ1) is 11.2. The number of carbonyl (C=O) groups is 1. The predicted molar refractivity (Wildman–Crippen MR) is 69.8 cm³/mol. The smallest absolute Gasteiger partial charge is 0.277 e. The van der Waals surface area contributed by atoms with Crippen LogP contribution in [0, 0.1) is 0 Å². The zero-order valence-electron chi connectivity index (χ0n) is 9.70. The van der Waals surface area contributed by atoms with Gasteiger partial charge in [-0.2, -0.15) is 0 Å². The molecule has 2 aromatic heterocycles. The van der Waals surface area contributed by atoms with Gasteiger partial charge in [0.05, 0.1) is 5.56 Å². The van der Waals surface area contributed by atoms with Gasteiger partial charge in [-0.1, -0.05) is 0 Å².